The van der Waals surface area contributed by atoms with Crippen molar-refractivity contribution in [3.05, 3.63) is 0 Å². The number of amides is 1. The molecule has 6 atom stereocenters. The lowest BCUT2D eigenvalue weighted by molar-refractivity contribution is -0.436. The van der Waals surface area contributed by atoms with Crippen molar-refractivity contribution >= 4 is 5.91 Å². The Morgan fingerprint density at radius 1 is 1.06 bits per heavy atom. The van der Waals surface area contributed by atoms with Crippen LogP contribution < -0.4 is 10.6 Å². The first-order valence-electron chi connectivity index (χ1n) is 11.8. The van der Waals surface area contributed by atoms with Crippen molar-refractivity contribution < 1.29 is 39.1 Å². The van der Waals surface area contributed by atoms with Gasteiger partial charge in [-0.15, -0.1) is 0 Å². The third-order valence-corrected chi connectivity index (χ3v) is 6.37. The van der Waals surface area contributed by atoms with Gasteiger partial charge in [0.05, 0.1) is 31.8 Å². The Morgan fingerprint density at radius 2 is 1.67 bits per heavy atom. The summed E-state index contributed by atoms with van der Waals surface area (Å²) in [6, 6.07) is 0. The minimum atomic E-state index is -1.47. The summed E-state index contributed by atoms with van der Waals surface area (Å²) in [6.07, 6.45) is -2.29. The normalized spacial score (nSPS) is 32.2. The molecule has 0 spiro atoms. The minimum absolute atomic E-state index is 0.0133. The topological polar surface area (TPSA) is 139 Å². The molecule has 0 aromatic carbocycles. The van der Waals surface area contributed by atoms with Gasteiger partial charge < -0.3 is 44.9 Å². The van der Waals surface area contributed by atoms with Crippen molar-refractivity contribution in [2.24, 2.45) is 16.7 Å². The molecule has 194 valence electrons. The Kier molecular flexibility index (Phi) is 10.1. The molecule has 0 aromatic heterocycles. The van der Waals surface area contributed by atoms with Crippen LogP contribution >= 0.6 is 0 Å². The molecule has 5 N–H and O–H groups in total. The van der Waals surface area contributed by atoms with E-state index in [1.165, 1.54) is 6.92 Å². The van der Waals surface area contributed by atoms with Gasteiger partial charge in [-0.2, -0.15) is 0 Å². The highest BCUT2D eigenvalue weighted by atomic mass is 16.7. The van der Waals surface area contributed by atoms with Crippen molar-refractivity contribution in [2.75, 3.05) is 46.6 Å². The van der Waals surface area contributed by atoms with Gasteiger partial charge in [-0.3, -0.25) is 4.79 Å². The van der Waals surface area contributed by atoms with E-state index in [0.29, 0.717) is 19.8 Å². The smallest absolute Gasteiger partial charge is 0.246 e. The van der Waals surface area contributed by atoms with Crippen LogP contribution in [0.5, 0.6) is 0 Å². The maximum Gasteiger partial charge on any atom is 0.246 e. The number of aliphatic hydroxyl groups is 3. The van der Waals surface area contributed by atoms with E-state index in [9.17, 15) is 20.1 Å². The quantitative estimate of drug-likeness (QED) is 0.234. The van der Waals surface area contributed by atoms with Gasteiger partial charge in [-0.1, -0.05) is 27.7 Å². The molecule has 33 heavy (non-hydrogen) atoms. The van der Waals surface area contributed by atoms with Gasteiger partial charge in [-0.25, -0.2) is 0 Å². The van der Waals surface area contributed by atoms with Crippen LogP contribution in [0.25, 0.3) is 0 Å². The number of carbonyl (C=O) groups excluding carboxylic acids is 1. The van der Waals surface area contributed by atoms with Gasteiger partial charge in [0.1, 0.15) is 18.8 Å². The van der Waals surface area contributed by atoms with E-state index in [2.05, 4.69) is 38.3 Å². The SMILES string of the molecule is CNCCC(C)(C)COCC(C)(C)CCNC(=O)COCC1O[C@@H](O)C(O)C2OC(C)(O)[C@H]12. The van der Waals surface area contributed by atoms with Gasteiger partial charge in [0, 0.05) is 6.54 Å². The standard InChI is InChI=1S/C23H44N2O8/c1-21(2,7-9-24-6)13-31-14-22(3,4)8-10-25-16(26)12-30-11-15-17-19(33-23(17,5)29)18(27)20(28)32-15/h15,17-20,24,27-29H,7-14H2,1-6H3,(H,25,26)/t15?,17-,18?,19?,20-,23?/m1/s1. The molecule has 2 aliphatic heterocycles. The highest BCUT2D eigenvalue weighted by Crippen LogP contribution is 2.45. The molecule has 4 unspecified atom stereocenters. The summed E-state index contributed by atoms with van der Waals surface area (Å²) in [5.74, 6) is -2.29. The first-order valence-corrected chi connectivity index (χ1v) is 11.8. The molecule has 2 aliphatic rings. The molecular weight excluding hydrogens is 432 g/mol. The summed E-state index contributed by atoms with van der Waals surface area (Å²) in [6.45, 7) is 12.6. The molecule has 0 saturated carbocycles. The first kappa shape index (κ1) is 28.4. The summed E-state index contributed by atoms with van der Waals surface area (Å²) < 4.78 is 22.0. The van der Waals surface area contributed by atoms with Gasteiger partial charge >= 0.3 is 0 Å². The molecule has 0 aliphatic carbocycles. The average molecular weight is 477 g/mol. The van der Waals surface area contributed by atoms with Crippen LogP contribution in [-0.4, -0.2) is 98.2 Å². The molecule has 0 bridgehead atoms. The van der Waals surface area contributed by atoms with Crippen molar-refractivity contribution in [3.63, 3.8) is 0 Å². The molecular formula is C23H44N2O8. The zero-order valence-electron chi connectivity index (χ0n) is 20.9. The minimum Gasteiger partial charge on any atom is -0.385 e. The van der Waals surface area contributed by atoms with Crippen LogP contribution in [0.2, 0.25) is 0 Å². The summed E-state index contributed by atoms with van der Waals surface area (Å²) in [5.41, 5.74) is 0.0326. The molecule has 2 fully saturated rings. The maximum atomic E-state index is 12.1. The Labute approximate surface area is 197 Å². The number of hydrogen-bond donors (Lipinski definition) is 5. The molecule has 0 aromatic rings. The molecule has 2 saturated heterocycles. The van der Waals surface area contributed by atoms with Gasteiger partial charge in [0.25, 0.3) is 0 Å². The fourth-order valence-electron chi connectivity index (χ4n) is 4.22. The van der Waals surface area contributed by atoms with Crippen LogP contribution in [0.15, 0.2) is 0 Å². The van der Waals surface area contributed by atoms with Crippen molar-refractivity contribution in [1.82, 2.24) is 10.6 Å². The molecule has 0 radical (unpaired) electrons. The van der Waals surface area contributed by atoms with E-state index in [0.717, 1.165) is 19.4 Å². The fourth-order valence-corrected chi connectivity index (χ4v) is 4.22. The number of fused-ring (bicyclic) bond motifs is 1. The lowest BCUT2D eigenvalue weighted by Crippen LogP contribution is -2.72. The molecule has 1 amide bonds. The lowest BCUT2D eigenvalue weighted by Gasteiger charge is -2.57. The maximum absolute atomic E-state index is 12.1. The predicted octanol–water partition coefficient (Wildman–Crippen LogP) is -0.0106. The Balaban J connectivity index is 1.63. The van der Waals surface area contributed by atoms with Crippen LogP contribution in [0, 0.1) is 16.7 Å². The van der Waals surface area contributed by atoms with E-state index in [-0.39, 0.29) is 30.0 Å². The lowest BCUT2D eigenvalue weighted by atomic mass is 9.77. The van der Waals surface area contributed by atoms with Crippen LogP contribution in [0.1, 0.15) is 47.5 Å². The second kappa shape index (κ2) is 11.7. The first-order chi connectivity index (χ1) is 15.3. The summed E-state index contributed by atoms with van der Waals surface area (Å²) >= 11 is 0. The number of ether oxygens (including phenoxy) is 4. The van der Waals surface area contributed by atoms with E-state index in [1.807, 2.05) is 7.05 Å². The summed E-state index contributed by atoms with van der Waals surface area (Å²) in [5, 5.41) is 35.9. The molecule has 10 heteroatoms. The Morgan fingerprint density at radius 3 is 2.24 bits per heavy atom. The number of aliphatic hydroxyl groups excluding tert-OH is 2. The average Bonchev–Trinajstić information content (AvgIpc) is 2.68. The molecule has 10 nitrogen and oxygen atoms in total. The van der Waals surface area contributed by atoms with E-state index >= 15 is 0 Å². The number of hydrogen-bond acceptors (Lipinski definition) is 9. The summed E-state index contributed by atoms with van der Waals surface area (Å²) in [7, 11) is 1.95. The third kappa shape index (κ3) is 8.40. The van der Waals surface area contributed by atoms with Crippen LogP contribution in [0.4, 0.5) is 0 Å². The van der Waals surface area contributed by atoms with Gasteiger partial charge in [0.15, 0.2) is 12.1 Å². The fraction of sp³-hybridized carbons (Fsp3) is 0.957. The number of nitrogens with one attached hydrogen (secondary N) is 2. The van der Waals surface area contributed by atoms with Crippen molar-refractivity contribution in [3.8, 4) is 0 Å². The van der Waals surface area contributed by atoms with E-state index in [1.54, 1.807) is 0 Å². The monoisotopic (exact) mass is 476 g/mol. The van der Waals surface area contributed by atoms with E-state index < -0.39 is 36.3 Å². The largest absolute Gasteiger partial charge is 0.385 e. The zero-order chi connectivity index (χ0) is 24.9. The zero-order valence-corrected chi connectivity index (χ0v) is 20.9. The second-order valence-corrected chi connectivity index (χ2v) is 11.0. The third-order valence-electron chi connectivity index (χ3n) is 6.37. The Bertz CT molecular complexity index is 628. The van der Waals surface area contributed by atoms with Crippen molar-refractivity contribution in [1.29, 1.82) is 0 Å². The Hall–Kier alpha value is -0.850. The highest BCUT2D eigenvalue weighted by molar-refractivity contribution is 5.77. The number of rotatable bonds is 14. The summed E-state index contributed by atoms with van der Waals surface area (Å²) in [4.78, 5) is 12.1. The van der Waals surface area contributed by atoms with Crippen molar-refractivity contribution in [2.45, 2.75) is 77.8 Å². The molecule has 2 heterocycles. The highest BCUT2D eigenvalue weighted by Gasteiger charge is 2.62. The second-order valence-electron chi connectivity index (χ2n) is 11.0. The van der Waals surface area contributed by atoms with Crippen LogP contribution in [-0.2, 0) is 23.7 Å². The van der Waals surface area contributed by atoms with Gasteiger partial charge in [-0.05, 0) is 44.2 Å². The van der Waals surface area contributed by atoms with Gasteiger partial charge in [0.2, 0.25) is 5.91 Å². The number of carbonyl (C=O) groups is 1. The predicted molar refractivity (Wildman–Crippen MR) is 121 cm³/mol. The van der Waals surface area contributed by atoms with E-state index in [4.69, 9.17) is 18.9 Å². The molecule has 2 rings (SSSR count). The van der Waals surface area contributed by atoms with Crippen LogP contribution in [0.3, 0.4) is 0 Å².